The second-order valence-electron chi connectivity index (χ2n) is 5.81. The van der Waals surface area contributed by atoms with Gasteiger partial charge >= 0.3 is 0 Å². The van der Waals surface area contributed by atoms with Crippen LogP contribution in [-0.2, 0) is 0 Å². The van der Waals surface area contributed by atoms with E-state index in [0.717, 1.165) is 5.92 Å². The van der Waals surface area contributed by atoms with Crippen LogP contribution in [0.25, 0.3) is 0 Å². The molecule has 0 radical (unpaired) electrons. The van der Waals surface area contributed by atoms with Gasteiger partial charge < -0.3 is 10.2 Å². The molecule has 2 nitrogen and oxygen atoms in total. The molecule has 2 rings (SSSR count). The molecule has 0 unspecified atom stereocenters. The molecule has 0 spiro atoms. The van der Waals surface area contributed by atoms with Crippen LogP contribution in [-0.4, -0.2) is 38.1 Å². The summed E-state index contributed by atoms with van der Waals surface area (Å²) in [5.41, 5.74) is 1.70. The smallest absolute Gasteiger partial charge is 0.00115 e. The van der Waals surface area contributed by atoms with Crippen molar-refractivity contribution in [3.05, 3.63) is 11.6 Å². The summed E-state index contributed by atoms with van der Waals surface area (Å²) in [4.78, 5) is 2.45. The van der Waals surface area contributed by atoms with Crippen LogP contribution in [0.3, 0.4) is 0 Å². The molecule has 1 saturated heterocycles. The van der Waals surface area contributed by atoms with Gasteiger partial charge in [-0.2, -0.15) is 0 Å². The minimum absolute atomic E-state index is 0.923. The van der Waals surface area contributed by atoms with E-state index < -0.39 is 0 Å². The molecule has 0 aromatic carbocycles. The number of piperidine rings is 1. The van der Waals surface area contributed by atoms with Gasteiger partial charge in [-0.15, -0.1) is 0 Å². The lowest BCUT2D eigenvalue weighted by Crippen LogP contribution is -2.35. The molecule has 17 heavy (non-hydrogen) atoms. The summed E-state index contributed by atoms with van der Waals surface area (Å²) in [7, 11) is 2.24. The Hall–Kier alpha value is -0.340. The summed E-state index contributed by atoms with van der Waals surface area (Å²) in [6.45, 7) is 5.01. The maximum Gasteiger partial charge on any atom is -0.00115 e. The second kappa shape index (κ2) is 7.17. The molecule has 0 amide bonds. The number of nitrogens with zero attached hydrogens (tertiary/aromatic N) is 1. The monoisotopic (exact) mass is 236 g/mol. The molecule has 1 aliphatic heterocycles. The molecule has 2 aliphatic rings. The quantitative estimate of drug-likeness (QED) is 0.583. The molecular formula is C15H28N2. The van der Waals surface area contributed by atoms with Gasteiger partial charge in [-0.1, -0.05) is 11.6 Å². The van der Waals surface area contributed by atoms with E-state index in [1.807, 2.05) is 0 Å². The Balaban J connectivity index is 1.52. The summed E-state index contributed by atoms with van der Waals surface area (Å²) in [6, 6.07) is 0. The molecule has 0 aromatic rings. The van der Waals surface area contributed by atoms with E-state index in [4.69, 9.17) is 0 Å². The van der Waals surface area contributed by atoms with Crippen molar-refractivity contribution >= 4 is 0 Å². The minimum atomic E-state index is 0.923. The molecule has 0 bridgehead atoms. The zero-order valence-electron chi connectivity index (χ0n) is 11.4. The zero-order chi connectivity index (χ0) is 11.9. The summed E-state index contributed by atoms with van der Waals surface area (Å²) >= 11 is 0. The van der Waals surface area contributed by atoms with Crippen molar-refractivity contribution in [3.63, 3.8) is 0 Å². The third kappa shape index (κ3) is 4.81. The van der Waals surface area contributed by atoms with Crippen LogP contribution >= 0.6 is 0 Å². The summed E-state index contributed by atoms with van der Waals surface area (Å²) in [5.74, 6) is 0.923. The fourth-order valence-corrected chi connectivity index (χ4v) is 2.95. The number of hydrogen-bond acceptors (Lipinski definition) is 2. The van der Waals surface area contributed by atoms with E-state index in [0.29, 0.717) is 0 Å². The Kier molecular flexibility index (Phi) is 5.53. The van der Waals surface area contributed by atoms with E-state index in [2.05, 4.69) is 23.3 Å². The number of allylic oxidation sites excluding steroid dienone is 1. The molecule has 1 heterocycles. The normalized spacial score (nSPS) is 23.7. The van der Waals surface area contributed by atoms with Gasteiger partial charge in [-0.25, -0.2) is 0 Å². The molecule has 98 valence electrons. The summed E-state index contributed by atoms with van der Waals surface area (Å²) in [6.07, 6.45) is 12.0. The summed E-state index contributed by atoms with van der Waals surface area (Å²) < 4.78 is 0. The summed E-state index contributed by atoms with van der Waals surface area (Å²) in [5, 5.41) is 3.66. The average molecular weight is 236 g/mol. The molecule has 0 aromatic heterocycles. The molecule has 1 N–H and O–H groups in total. The van der Waals surface area contributed by atoms with E-state index in [-0.39, 0.29) is 0 Å². The van der Waals surface area contributed by atoms with Crippen molar-refractivity contribution in [2.45, 2.75) is 44.9 Å². The van der Waals surface area contributed by atoms with E-state index in [9.17, 15) is 0 Å². The van der Waals surface area contributed by atoms with Gasteiger partial charge in [-0.05, 0) is 84.1 Å². The zero-order valence-corrected chi connectivity index (χ0v) is 11.4. The van der Waals surface area contributed by atoms with E-state index in [1.54, 1.807) is 5.57 Å². The Morgan fingerprint density at radius 2 is 2.12 bits per heavy atom. The van der Waals surface area contributed by atoms with Gasteiger partial charge in [-0.3, -0.25) is 0 Å². The molecule has 0 atom stereocenters. The largest absolute Gasteiger partial charge is 0.316 e. The lowest BCUT2D eigenvalue weighted by atomic mass is 9.96. The van der Waals surface area contributed by atoms with Gasteiger partial charge in [0.2, 0.25) is 0 Å². The first kappa shape index (κ1) is 13.1. The fourth-order valence-electron chi connectivity index (χ4n) is 2.95. The van der Waals surface area contributed by atoms with Crippen molar-refractivity contribution in [3.8, 4) is 0 Å². The minimum Gasteiger partial charge on any atom is -0.316 e. The van der Waals surface area contributed by atoms with Gasteiger partial charge in [0.25, 0.3) is 0 Å². The number of rotatable bonds is 5. The topological polar surface area (TPSA) is 15.3 Å². The van der Waals surface area contributed by atoms with Gasteiger partial charge in [0.15, 0.2) is 0 Å². The standard InChI is InChI=1S/C15H28N2/c1-17-11-8-15(9-12-17)13-16-10-7-14-5-3-2-4-6-14/h5,15-16H,2-4,6-13H2,1H3. The molecule has 1 fully saturated rings. The average Bonchev–Trinajstić information content (AvgIpc) is 2.38. The van der Waals surface area contributed by atoms with Crippen molar-refractivity contribution in [1.29, 1.82) is 0 Å². The highest BCUT2D eigenvalue weighted by Crippen LogP contribution is 2.19. The fraction of sp³-hybridized carbons (Fsp3) is 0.867. The Morgan fingerprint density at radius 3 is 2.82 bits per heavy atom. The van der Waals surface area contributed by atoms with Gasteiger partial charge in [0.05, 0.1) is 0 Å². The van der Waals surface area contributed by atoms with Crippen LogP contribution in [0.15, 0.2) is 11.6 Å². The number of likely N-dealkylation sites (tertiary alicyclic amines) is 1. The predicted molar refractivity (Wildman–Crippen MR) is 74.3 cm³/mol. The first-order valence-corrected chi connectivity index (χ1v) is 7.42. The lowest BCUT2D eigenvalue weighted by molar-refractivity contribution is 0.216. The molecule has 2 heteroatoms. The lowest BCUT2D eigenvalue weighted by Gasteiger charge is -2.29. The van der Waals surface area contributed by atoms with Gasteiger partial charge in [0, 0.05) is 0 Å². The van der Waals surface area contributed by atoms with Crippen LogP contribution < -0.4 is 5.32 Å². The maximum atomic E-state index is 3.66. The van der Waals surface area contributed by atoms with Crippen LogP contribution in [0.5, 0.6) is 0 Å². The highest BCUT2D eigenvalue weighted by Gasteiger charge is 2.15. The Labute approximate surface area is 106 Å². The maximum absolute atomic E-state index is 3.66. The Bertz CT molecular complexity index is 239. The number of nitrogens with one attached hydrogen (secondary N) is 1. The van der Waals surface area contributed by atoms with Crippen LogP contribution in [0.4, 0.5) is 0 Å². The van der Waals surface area contributed by atoms with Crippen LogP contribution in [0.1, 0.15) is 44.9 Å². The predicted octanol–water partition coefficient (Wildman–Crippen LogP) is 2.81. The highest BCUT2D eigenvalue weighted by molar-refractivity contribution is 5.05. The first-order valence-electron chi connectivity index (χ1n) is 7.42. The molecular weight excluding hydrogens is 208 g/mol. The van der Waals surface area contributed by atoms with Crippen molar-refractivity contribution < 1.29 is 0 Å². The highest BCUT2D eigenvalue weighted by atomic mass is 15.1. The first-order chi connectivity index (χ1) is 8.34. The van der Waals surface area contributed by atoms with E-state index >= 15 is 0 Å². The molecule has 1 aliphatic carbocycles. The third-order valence-electron chi connectivity index (χ3n) is 4.28. The SMILES string of the molecule is CN1CCC(CNCCC2=CCCCC2)CC1. The molecule has 0 saturated carbocycles. The van der Waals surface area contributed by atoms with Crippen molar-refractivity contribution in [2.75, 3.05) is 33.2 Å². The van der Waals surface area contributed by atoms with E-state index in [1.165, 1.54) is 71.1 Å². The van der Waals surface area contributed by atoms with Crippen LogP contribution in [0, 0.1) is 5.92 Å². The second-order valence-corrected chi connectivity index (χ2v) is 5.81. The Morgan fingerprint density at radius 1 is 1.29 bits per heavy atom. The number of hydrogen-bond donors (Lipinski definition) is 1. The third-order valence-corrected chi connectivity index (χ3v) is 4.28. The van der Waals surface area contributed by atoms with Crippen molar-refractivity contribution in [1.82, 2.24) is 10.2 Å². The van der Waals surface area contributed by atoms with Crippen molar-refractivity contribution in [2.24, 2.45) is 5.92 Å². The van der Waals surface area contributed by atoms with Crippen LogP contribution in [0.2, 0.25) is 0 Å². The van der Waals surface area contributed by atoms with Gasteiger partial charge in [0.1, 0.15) is 0 Å².